The first-order valence-electron chi connectivity index (χ1n) is 26.5. The number of aliphatic hydroxyl groups excluding tert-OH is 2. The molecule has 76 heavy (non-hydrogen) atoms. The van der Waals surface area contributed by atoms with Crippen molar-refractivity contribution in [2.24, 2.45) is 0 Å². The predicted molar refractivity (Wildman–Crippen MR) is 287 cm³/mol. The van der Waals surface area contributed by atoms with Crippen molar-refractivity contribution >= 4 is 22.2 Å². The molecule has 0 bridgehead atoms. The number of nitrogens with zero attached hydrogens (tertiary/aromatic N) is 1. The summed E-state index contributed by atoms with van der Waals surface area (Å²) >= 11 is 0. The van der Waals surface area contributed by atoms with E-state index in [1.165, 1.54) is 30.5 Å². The summed E-state index contributed by atoms with van der Waals surface area (Å²) in [6, 6.07) is 28.1. The Kier molecular flexibility index (Phi) is 22.4. The van der Waals surface area contributed by atoms with Crippen LogP contribution in [0.15, 0.2) is 102 Å². The Morgan fingerprint density at radius 2 is 1.07 bits per heavy atom. The van der Waals surface area contributed by atoms with Crippen LogP contribution in [0.1, 0.15) is 110 Å². The second-order valence-corrected chi connectivity index (χ2v) is 23.2. The van der Waals surface area contributed by atoms with Gasteiger partial charge in [-0.1, -0.05) is 96.9 Å². The Labute approximate surface area is 449 Å². The molecule has 2 aliphatic heterocycles. The van der Waals surface area contributed by atoms with Crippen LogP contribution in [0.25, 0.3) is 0 Å². The SMILES string of the molecule is CC(C)(C)OC(=O)N[C@@H](Cc1ccccc1)[C@H](O)CN(OC1CCCC1)S(=O)(=O)c1ccc2c(c1)OCCO2.CC(C)(C)OC(=O)N[C@@H](Cc1ccccc1)[C@H](O)CNOC1CCCC1.Cc1ccc2c(c1)OCCO2. The van der Waals surface area contributed by atoms with E-state index in [0.29, 0.717) is 57.2 Å². The molecule has 4 aliphatic rings. The summed E-state index contributed by atoms with van der Waals surface area (Å²) in [5.41, 5.74) is 4.63. The minimum Gasteiger partial charge on any atom is -0.486 e. The number of benzene rings is 4. The fraction of sp³-hybridized carbons (Fsp3) is 0.544. The molecule has 4 aromatic carbocycles. The Balaban J connectivity index is 0.000000215. The van der Waals surface area contributed by atoms with E-state index in [2.05, 4.69) is 16.1 Å². The van der Waals surface area contributed by atoms with E-state index in [0.717, 1.165) is 52.8 Å². The van der Waals surface area contributed by atoms with E-state index in [-0.39, 0.29) is 30.1 Å². The number of aliphatic hydroxyl groups is 2. The summed E-state index contributed by atoms with van der Waals surface area (Å²) in [4.78, 5) is 36.4. The van der Waals surface area contributed by atoms with Gasteiger partial charge in [0.1, 0.15) is 37.6 Å². The van der Waals surface area contributed by atoms with Crippen molar-refractivity contribution in [2.45, 2.75) is 165 Å². The highest BCUT2D eigenvalue weighted by Crippen LogP contribution is 2.35. The molecule has 0 aromatic heterocycles. The number of hydroxylamine groups is 2. The molecule has 5 N–H and O–H groups in total. The summed E-state index contributed by atoms with van der Waals surface area (Å²) in [6.45, 7) is 14.6. The standard InChI is InChI=1S/C28H38N2O8S.C20H32N2O4.C9H10O2/c1-28(2,3)37-27(32)29-23(17-20-9-5-4-6-10-20)24(31)19-30(38-21-11-7-8-12-21)39(33,34)22-13-14-25-26(18-22)36-16-15-35-25;1-20(2,3)25-19(24)22-17(13-15-9-5-4-6-10-15)18(23)14-21-26-16-11-7-8-12-16;1-7-2-3-8-9(6-7)11-5-4-10-8/h4-6,9-10,13-14,18,21,23-24,31H,7-8,11-12,15-17,19H2,1-3H3,(H,29,32);4-6,9-10,16-18,21,23H,7-8,11-14H2,1-3H3,(H,22,24);2-3,6H,4-5H2,1H3/t23-,24+;17-,18+;/m00./s1. The summed E-state index contributed by atoms with van der Waals surface area (Å²) < 4.78 is 61.1. The molecule has 0 unspecified atom stereocenters. The Hall–Kier alpha value is -5.67. The Bertz CT molecular complexity index is 2510. The van der Waals surface area contributed by atoms with Crippen molar-refractivity contribution in [3.63, 3.8) is 0 Å². The molecule has 8 rings (SSSR count). The van der Waals surface area contributed by atoms with E-state index < -0.39 is 64.2 Å². The second kappa shape index (κ2) is 28.6. The van der Waals surface area contributed by atoms with E-state index in [1.807, 2.05) is 107 Å². The van der Waals surface area contributed by atoms with Gasteiger partial charge in [-0.2, -0.15) is 5.48 Å². The first-order valence-corrected chi connectivity index (χ1v) is 27.9. The summed E-state index contributed by atoms with van der Waals surface area (Å²) in [5, 5.41) is 27.5. The zero-order valence-electron chi connectivity index (χ0n) is 45.2. The van der Waals surface area contributed by atoms with Crippen LogP contribution in [-0.2, 0) is 42.0 Å². The molecular formula is C57H80N4O14S. The van der Waals surface area contributed by atoms with Gasteiger partial charge in [0, 0.05) is 12.6 Å². The maximum atomic E-state index is 13.8. The van der Waals surface area contributed by atoms with Crippen molar-refractivity contribution in [2.75, 3.05) is 39.5 Å². The molecule has 0 saturated heterocycles. The first-order chi connectivity index (χ1) is 36.2. The molecule has 0 spiro atoms. The highest BCUT2D eigenvalue weighted by molar-refractivity contribution is 7.89. The van der Waals surface area contributed by atoms with Crippen molar-refractivity contribution in [1.29, 1.82) is 0 Å². The van der Waals surface area contributed by atoms with Crippen molar-refractivity contribution in [3.8, 4) is 23.0 Å². The molecule has 2 aliphatic carbocycles. The van der Waals surface area contributed by atoms with Gasteiger partial charge in [0.05, 0.1) is 47.9 Å². The molecule has 2 heterocycles. The third-order valence-electron chi connectivity index (χ3n) is 12.5. The van der Waals surface area contributed by atoms with Gasteiger partial charge >= 0.3 is 12.2 Å². The highest BCUT2D eigenvalue weighted by Gasteiger charge is 2.36. The number of aryl methyl sites for hydroxylation is 1. The monoisotopic (exact) mass is 1080 g/mol. The van der Waals surface area contributed by atoms with Crippen LogP contribution in [0.3, 0.4) is 0 Å². The number of sulfonamides is 1. The number of alkyl carbamates (subject to hydrolysis) is 2. The molecule has 4 aromatic rings. The molecule has 19 heteroatoms. The molecular weight excluding hydrogens is 997 g/mol. The lowest BCUT2D eigenvalue weighted by Crippen LogP contribution is -2.51. The van der Waals surface area contributed by atoms with Gasteiger partial charge in [0.15, 0.2) is 23.0 Å². The number of amides is 2. The molecule has 4 atom stereocenters. The maximum absolute atomic E-state index is 13.8. The average Bonchev–Trinajstić information content (AvgIpc) is 4.12. The van der Waals surface area contributed by atoms with Crippen LogP contribution < -0.4 is 35.1 Å². The smallest absolute Gasteiger partial charge is 0.407 e. The predicted octanol–water partition coefficient (Wildman–Crippen LogP) is 8.53. The number of carbonyl (C=O) groups is 2. The number of hydrogen-bond donors (Lipinski definition) is 5. The fourth-order valence-corrected chi connectivity index (χ4v) is 10.0. The minimum absolute atomic E-state index is 0.0448. The summed E-state index contributed by atoms with van der Waals surface area (Å²) in [6.07, 6.45) is 5.09. The van der Waals surface area contributed by atoms with Crippen LogP contribution in [-0.4, -0.2) is 123 Å². The van der Waals surface area contributed by atoms with Gasteiger partial charge in [-0.05, 0) is 128 Å². The third-order valence-corrected chi connectivity index (χ3v) is 14.1. The third kappa shape index (κ3) is 20.0. The number of hydrogen-bond acceptors (Lipinski definition) is 15. The highest BCUT2D eigenvalue weighted by atomic mass is 32.2. The second-order valence-electron chi connectivity index (χ2n) is 21.3. The fourth-order valence-electron chi connectivity index (χ4n) is 8.71. The zero-order chi connectivity index (χ0) is 54.7. The van der Waals surface area contributed by atoms with E-state index in [9.17, 15) is 28.2 Å². The van der Waals surface area contributed by atoms with Crippen molar-refractivity contribution < 1.29 is 66.3 Å². The van der Waals surface area contributed by atoms with Crippen LogP contribution >= 0.6 is 0 Å². The molecule has 18 nitrogen and oxygen atoms in total. The molecule has 418 valence electrons. The lowest BCUT2D eigenvalue weighted by molar-refractivity contribution is -0.145. The maximum Gasteiger partial charge on any atom is 0.407 e. The minimum atomic E-state index is -4.21. The summed E-state index contributed by atoms with van der Waals surface area (Å²) in [5.74, 6) is 2.53. The normalized spacial score (nSPS) is 17.2. The van der Waals surface area contributed by atoms with Gasteiger partial charge < -0.3 is 49.3 Å². The Morgan fingerprint density at radius 1 is 0.618 bits per heavy atom. The van der Waals surface area contributed by atoms with Crippen LogP contribution in [0.4, 0.5) is 9.59 Å². The number of fused-ring (bicyclic) bond motifs is 2. The van der Waals surface area contributed by atoms with Crippen LogP contribution in [0, 0.1) is 6.92 Å². The molecule has 2 fully saturated rings. The lowest BCUT2D eigenvalue weighted by atomic mass is 10.0. The Morgan fingerprint density at radius 3 is 1.57 bits per heavy atom. The average molecular weight is 1080 g/mol. The van der Waals surface area contributed by atoms with E-state index in [1.54, 1.807) is 26.8 Å². The quantitative estimate of drug-likeness (QED) is 0.0589. The number of nitrogens with one attached hydrogen (secondary N) is 3. The summed E-state index contributed by atoms with van der Waals surface area (Å²) in [7, 11) is -4.21. The van der Waals surface area contributed by atoms with Gasteiger partial charge in [-0.15, -0.1) is 0 Å². The van der Waals surface area contributed by atoms with Crippen molar-refractivity contribution in [3.05, 3.63) is 114 Å². The molecule has 2 amide bonds. The van der Waals surface area contributed by atoms with Gasteiger partial charge in [0.2, 0.25) is 0 Å². The van der Waals surface area contributed by atoms with E-state index in [4.69, 9.17) is 38.1 Å². The zero-order valence-corrected chi connectivity index (χ0v) is 46.0. The van der Waals surface area contributed by atoms with Crippen LogP contribution in [0.5, 0.6) is 23.0 Å². The number of rotatable bonds is 18. The van der Waals surface area contributed by atoms with Crippen LogP contribution in [0.2, 0.25) is 0 Å². The van der Waals surface area contributed by atoms with Gasteiger partial charge in [0.25, 0.3) is 10.0 Å². The largest absolute Gasteiger partial charge is 0.486 e. The molecule has 2 saturated carbocycles. The lowest BCUT2D eigenvalue weighted by Gasteiger charge is -2.31. The number of carbonyl (C=O) groups excluding carboxylic acids is 2. The van der Waals surface area contributed by atoms with Crippen molar-refractivity contribution in [1.82, 2.24) is 20.6 Å². The van der Waals surface area contributed by atoms with E-state index >= 15 is 0 Å². The topological polar surface area (TPSA) is 222 Å². The first kappa shape index (κ1) is 59.6. The molecule has 0 radical (unpaired) electrons. The van der Waals surface area contributed by atoms with Gasteiger partial charge in [-0.25, -0.2) is 18.0 Å². The van der Waals surface area contributed by atoms with Gasteiger partial charge in [-0.3, -0.25) is 9.68 Å². The number of ether oxygens (including phenoxy) is 6.